The van der Waals surface area contributed by atoms with E-state index >= 15 is 0 Å². The van der Waals surface area contributed by atoms with E-state index in [1.807, 2.05) is 17.0 Å². The summed E-state index contributed by atoms with van der Waals surface area (Å²) in [6, 6.07) is 20.6. The van der Waals surface area contributed by atoms with Crippen LogP contribution in [-0.2, 0) is 11.3 Å². The van der Waals surface area contributed by atoms with Crippen LogP contribution in [0.1, 0.15) is 79.0 Å². The second-order valence-electron chi connectivity index (χ2n) is 9.55. The van der Waals surface area contributed by atoms with Crippen LogP contribution in [0.15, 0.2) is 60.7 Å². The van der Waals surface area contributed by atoms with Crippen LogP contribution in [-0.4, -0.2) is 5.91 Å². The van der Waals surface area contributed by atoms with Crippen molar-refractivity contribution in [3.8, 4) is 0 Å². The molecule has 3 aromatic carbocycles. The minimum atomic E-state index is -0.382. The maximum Gasteiger partial charge on any atom is 0.254 e. The minimum Gasteiger partial charge on any atom is -0.370 e. The first-order valence-corrected chi connectivity index (χ1v) is 11.6. The fourth-order valence-corrected chi connectivity index (χ4v) is 4.81. The van der Waals surface area contributed by atoms with E-state index in [2.05, 4.69) is 95.4 Å². The molecule has 1 aliphatic rings. The normalized spacial score (nSPS) is 15.6. The molecule has 3 heteroatoms. The van der Waals surface area contributed by atoms with Crippen LogP contribution in [0.2, 0.25) is 0 Å². The Hall–Kier alpha value is -3.07. The molecule has 1 amide bonds. The highest BCUT2D eigenvalue weighted by atomic mass is 16.2. The van der Waals surface area contributed by atoms with Gasteiger partial charge in [-0.1, -0.05) is 82.3 Å². The second-order valence-corrected chi connectivity index (χ2v) is 9.55. The number of rotatable bonds is 6. The first-order chi connectivity index (χ1) is 15.3. The molecule has 1 unspecified atom stereocenters. The molecule has 32 heavy (non-hydrogen) atoms. The van der Waals surface area contributed by atoms with Crippen LogP contribution < -0.4 is 10.2 Å². The molecule has 0 aliphatic carbocycles. The van der Waals surface area contributed by atoms with Gasteiger partial charge >= 0.3 is 0 Å². The summed E-state index contributed by atoms with van der Waals surface area (Å²) in [4.78, 5) is 15.8. The van der Waals surface area contributed by atoms with Gasteiger partial charge in [0.1, 0.15) is 6.04 Å². The lowest BCUT2D eigenvalue weighted by Crippen LogP contribution is -2.31. The Morgan fingerprint density at radius 1 is 0.812 bits per heavy atom. The Bertz CT molecular complexity index is 1100. The number of nitrogens with zero attached hydrogens (tertiary/aromatic N) is 1. The highest BCUT2D eigenvalue weighted by molar-refractivity contribution is 6.06. The van der Waals surface area contributed by atoms with Crippen LogP contribution in [0.25, 0.3) is 0 Å². The number of fused-ring (bicyclic) bond motifs is 1. The van der Waals surface area contributed by atoms with Crippen molar-refractivity contribution in [3.05, 3.63) is 94.0 Å². The van der Waals surface area contributed by atoms with Crippen molar-refractivity contribution < 1.29 is 4.79 Å². The topological polar surface area (TPSA) is 32.3 Å². The molecule has 0 radical (unpaired) electrons. The zero-order valence-corrected chi connectivity index (χ0v) is 20.1. The Balaban J connectivity index is 1.76. The molecule has 0 saturated carbocycles. The van der Waals surface area contributed by atoms with Crippen molar-refractivity contribution in [2.75, 3.05) is 10.2 Å². The summed E-state index contributed by atoms with van der Waals surface area (Å²) in [5, 5.41) is 3.70. The van der Waals surface area contributed by atoms with Crippen LogP contribution >= 0.6 is 0 Å². The summed E-state index contributed by atoms with van der Waals surface area (Å²) in [5.74, 6) is 0.851. The second kappa shape index (κ2) is 8.82. The first-order valence-electron chi connectivity index (χ1n) is 11.6. The van der Waals surface area contributed by atoms with Gasteiger partial charge in [-0.05, 0) is 59.6 Å². The van der Waals surface area contributed by atoms with Gasteiger partial charge < -0.3 is 10.2 Å². The van der Waals surface area contributed by atoms with Gasteiger partial charge in [0, 0.05) is 16.9 Å². The molecule has 1 atom stereocenters. The van der Waals surface area contributed by atoms with Crippen LogP contribution in [0.4, 0.5) is 11.4 Å². The summed E-state index contributed by atoms with van der Waals surface area (Å²) in [5.41, 5.74) is 9.35. The third-order valence-electron chi connectivity index (χ3n) is 6.67. The van der Waals surface area contributed by atoms with Crippen molar-refractivity contribution in [2.24, 2.45) is 0 Å². The lowest BCUT2D eigenvalue weighted by molar-refractivity contribution is -0.118. The Morgan fingerprint density at radius 2 is 1.38 bits per heavy atom. The standard InChI is InChI=1S/C29H34N2O/c1-18(2)22-14-10-15-23(19(3)4)27(22)30-28-24-13-7-8-16-26(24)31(29(28)32)17-25-20(5)11-9-12-21(25)6/h7-16,18-19,28,30H,17H2,1-6H3. The van der Waals surface area contributed by atoms with Gasteiger partial charge in [-0.3, -0.25) is 4.79 Å². The highest BCUT2D eigenvalue weighted by Gasteiger charge is 2.38. The van der Waals surface area contributed by atoms with Crippen molar-refractivity contribution in [1.29, 1.82) is 0 Å². The number of amides is 1. The summed E-state index contributed by atoms with van der Waals surface area (Å²) < 4.78 is 0. The largest absolute Gasteiger partial charge is 0.370 e. The fourth-order valence-electron chi connectivity index (χ4n) is 4.81. The van der Waals surface area contributed by atoms with E-state index in [1.165, 1.54) is 27.8 Å². The first kappa shape index (κ1) is 22.1. The number of hydrogen-bond donors (Lipinski definition) is 1. The highest BCUT2D eigenvalue weighted by Crippen LogP contribution is 2.42. The summed E-state index contributed by atoms with van der Waals surface area (Å²) in [6.07, 6.45) is 0. The number of carbonyl (C=O) groups excluding carboxylic acids is 1. The smallest absolute Gasteiger partial charge is 0.254 e. The number of nitrogens with one attached hydrogen (secondary N) is 1. The number of benzene rings is 3. The van der Waals surface area contributed by atoms with Gasteiger partial charge in [-0.2, -0.15) is 0 Å². The summed E-state index contributed by atoms with van der Waals surface area (Å²) >= 11 is 0. The monoisotopic (exact) mass is 426 g/mol. The Labute approximate surface area is 192 Å². The third-order valence-corrected chi connectivity index (χ3v) is 6.67. The molecule has 0 fully saturated rings. The number of anilines is 2. The predicted molar refractivity (Wildman–Crippen MR) is 135 cm³/mol. The van der Waals surface area contributed by atoms with Gasteiger partial charge in [0.05, 0.1) is 6.54 Å². The van der Waals surface area contributed by atoms with E-state index in [0.29, 0.717) is 18.4 Å². The van der Waals surface area contributed by atoms with Gasteiger partial charge in [0.2, 0.25) is 0 Å². The van der Waals surface area contributed by atoms with Gasteiger partial charge in [0.15, 0.2) is 0 Å². The fraction of sp³-hybridized carbons (Fsp3) is 0.345. The van der Waals surface area contributed by atoms with E-state index in [-0.39, 0.29) is 11.9 Å². The van der Waals surface area contributed by atoms with Crippen LogP contribution in [0, 0.1) is 13.8 Å². The van der Waals surface area contributed by atoms with E-state index in [1.54, 1.807) is 0 Å². The molecule has 3 aromatic rings. The van der Waals surface area contributed by atoms with Gasteiger partial charge in [-0.15, -0.1) is 0 Å². The van der Waals surface area contributed by atoms with Crippen LogP contribution in [0.5, 0.6) is 0 Å². The molecule has 1 aliphatic heterocycles. The van der Waals surface area contributed by atoms with Crippen molar-refractivity contribution in [1.82, 2.24) is 0 Å². The molecule has 0 bridgehead atoms. The lowest BCUT2D eigenvalue weighted by atomic mass is 9.92. The van der Waals surface area contributed by atoms with Crippen molar-refractivity contribution >= 4 is 17.3 Å². The maximum atomic E-state index is 13.8. The number of carbonyl (C=O) groups is 1. The third kappa shape index (κ3) is 3.92. The summed E-state index contributed by atoms with van der Waals surface area (Å²) in [7, 11) is 0. The van der Waals surface area contributed by atoms with Gasteiger partial charge in [0.25, 0.3) is 5.91 Å². The lowest BCUT2D eigenvalue weighted by Gasteiger charge is -2.24. The Kier molecular flexibility index (Phi) is 6.10. The van der Waals surface area contributed by atoms with Crippen molar-refractivity contribution in [2.45, 2.75) is 66.0 Å². The zero-order chi connectivity index (χ0) is 23.0. The molecule has 3 nitrogen and oxygen atoms in total. The number of hydrogen-bond acceptors (Lipinski definition) is 2. The average Bonchev–Trinajstić information content (AvgIpc) is 3.02. The number of para-hydroxylation sites is 2. The zero-order valence-electron chi connectivity index (χ0n) is 20.1. The van der Waals surface area contributed by atoms with E-state index in [9.17, 15) is 4.79 Å². The summed E-state index contributed by atoms with van der Waals surface area (Å²) in [6.45, 7) is 13.7. The molecule has 0 spiro atoms. The Morgan fingerprint density at radius 3 is 1.97 bits per heavy atom. The van der Waals surface area contributed by atoms with Crippen molar-refractivity contribution in [3.63, 3.8) is 0 Å². The average molecular weight is 427 g/mol. The van der Waals surface area contributed by atoms with E-state index < -0.39 is 0 Å². The molecular formula is C29H34N2O. The number of aryl methyl sites for hydroxylation is 2. The minimum absolute atomic E-state index is 0.113. The maximum absolute atomic E-state index is 13.8. The molecule has 0 saturated heterocycles. The van der Waals surface area contributed by atoms with Crippen LogP contribution in [0.3, 0.4) is 0 Å². The molecule has 1 heterocycles. The SMILES string of the molecule is Cc1cccc(C)c1CN1C(=O)C(Nc2c(C(C)C)cccc2C(C)C)c2ccccc21. The molecule has 1 N–H and O–H groups in total. The van der Waals surface area contributed by atoms with E-state index in [4.69, 9.17) is 0 Å². The molecule has 4 rings (SSSR count). The molecule has 0 aromatic heterocycles. The molecular weight excluding hydrogens is 392 g/mol. The predicted octanol–water partition coefficient (Wildman–Crippen LogP) is 7.25. The molecule has 166 valence electrons. The van der Waals surface area contributed by atoms with E-state index in [0.717, 1.165) is 16.9 Å². The van der Waals surface area contributed by atoms with Gasteiger partial charge in [-0.25, -0.2) is 0 Å². The quantitative estimate of drug-likeness (QED) is 0.450.